The third-order valence-electron chi connectivity index (χ3n) is 3.13. The lowest BCUT2D eigenvalue weighted by Gasteiger charge is -2.19. The summed E-state index contributed by atoms with van der Waals surface area (Å²) in [6.07, 6.45) is 3.82. The van der Waals surface area contributed by atoms with Crippen LogP contribution < -0.4 is 5.32 Å². The normalized spacial score (nSPS) is 12.3. The smallest absolute Gasteiger partial charge is 0.0542 e. The van der Waals surface area contributed by atoms with Crippen molar-refractivity contribution in [1.82, 2.24) is 10.3 Å². The second kappa shape index (κ2) is 7.96. The SMILES string of the molecule is CCCNC(Cc1ccccn1)c1ccc(I)c(Cl)c1. The lowest BCUT2D eigenvalue weighted by Crippen LogP contribution is -2.24. The van der Waals surface area contributed by atoms with Crippen molar-refractivity contribution in [3.05, 3.63) is 62.4 Å². The molecule has 20 heavy (non-hydrogen) atoms. The molecular formula is C16H18ClIN2. The van der Waals surface area contributed by atoms with Crippen LogP contribution in [0.1, 0.15) is 30.6 Å². The van der Waals surface area contributed by atoms with Gasteiger partial charge in [-0.25, -0.2) is 0 Å². The Morgan fingerprint density at radius 3 is 2.80 bits per heavy atom. The second-order valence-electron chi connectivity index (χ2n) is 4.71. The number of rotatable bonds is 6. The molecule has 1 unspecified atom stereocenters. The van der Waals surface area contributed by atoms with Gasteiger partial charge in [0.1, 0.15) is 0 Å². The highest BCUT2D eigenvalue weighted by atomic mass is 127. The minimum absolute atomic E-state index is 0.249. The zero-order valence-corrected chi connectivity index (χ0v) is 14.4. The Balaban J connectivity index is 2.20. The van der Waals surface area contributed by atoms with E-state index in [4.69, 9.17) is 11.6 Å². The zero-order chi connectivity index (χ0) is 14.4. The predicted molar refractivity (Wildman–Crippen MR) is 93.1 cm³/mol. The van der Waals surface area contributed by atoms with E-state index in [2.05, 4.69) is 64.1 Å². The van der Waals surface area contributed by atoms with Gasteiger partial charge in [0.05, 0.1) is 5.02 Å². The second-order valence-corrected chi connectivity index (χ2v) is 6.27. The van der Waals surface area contributed by atoms with Crippen LogP contribution in [-0.2, 0) is 6.42 Å². The molecule has 106 valence electrons. The summed E-state index contributed by atoms with van der Waals surface area (Å²) in [4.78, 5) is 4.42. The van der Waals surface area contributed by atoms with Crippen LogP contribution in [0.3, 0.4) is 0 Å². The van der Waals surface area contributed by atoms with E-state index in [0.717, 1.165) is 33.7 Å². The van der Waals surface area contributed by atoms with Crippen molar-refractivity contribution in [3.8, 4) is 0 Å². The molecule has 1 atom stereocenters. The highest BCUT2D eigenvalue weighted by Gasteiger charge is 2.13. The third kappa shape index (κ3) is 4.43. The van der Waals surface area contributed by atoms with Crippen LogP contribution in [-0.4, -0.2) is 11.5 Å². The molecule has 2 aromatic rings. The number of halogens is 2. The van der Waals surface area contributed by atoms with Gasteiger partial charge < -0.3 is 5.32 Å². The molecule has 0 saturated carbocycles. The van der Waals surface area contributed by atoms with E-state index in [1.807, 2.05) is 18.3 Å². The molecule has 0 spiro atoms. The van der Waals surface area contributed by atoms with Gasteiger partial charge in [0.2, 0.25) is 0 Å². The molecule has 2 rings (SSSR count). The topological polar surface area (TPSA) is 24.9 Å². The van der Waals surface area contributed by atoms with E-state index < -0.39 is 0 Å². The lowest BCUT2D eigenvalue weighted by molar-refractivity contribution is 0.524. The first kappa shape index (κ1) is 15.7. The summed E-state index contributed by atoms with van der Waals surface area (Å²) in [5.41, 5.74) is 2.31. The summed E-state index contributed by atoms with van der Waals surface area (Å²) in [6, 6.07) is 12.6. The number of benzene rings is 1. The Hall–Kier alpha value is -0.650. The molecule has 0 saturated heterocycles. The van der Waals surface area contributed by atoms with Crippen molar-refractivity contribution >= 4 is 34.2 Å². The predicted octanol–water partition coefficient (Wildman–Crippen LogP) is 4.62. The van der Waals surface area contributed by atoms with E-state index in [1.54, 1.807) is 0 Å². The molecule has 0 amide bonds. The Labute approximate surface area is 139 Å². The summed E-state index contributed by atoms with van der Waals surface area (Å²) in [7, 11) is 0. The lowest BCUT2D eigenvalue weighted by atomic mass is 10.0. The Bertz CT molecular complexity index is 545. The first-order chi connectivity index (χ1) is 9.70. The van der Waals surface area contributed by atoms with Gasteiger partial charge >= 0.3 is 0 Å². The molecule has 1 aromatic carbocycles. The Kier molecular flexibility index (Phi) is 6.26. The van der Waals surface area contributed by atoms with Crippen LogP contribution in [0.4, 0.5) is 0 Å². The maximum Gasteiger partial charge on any atom is 0.0542 e. The fraction of sp³-hybridized carbons (Fsp3) is 0.312. The highest BCUT2D eigenvalue weighted by molar-refractivity contribution is 14.1. The molecule has 0 bridgehead atoms. The minimum atomic E-state index is 0.249. The summed E-state index contributed by atoms with van der Waals surface area (Å²) < 4.78 is 1.08. The molecule has 0 aliphatic rings. The standard InChI is InChI=1S/C16H18ClIN2/c1-2-8-20-16(11-13-5-3-4-9-19-13)12-6-7-15(18)14(17)10-12/h3-7,9-10,16,20H,2,8,11H2,1H3. The van der Waals surface area contributed by atoms with Gasteiger partial charge in [-0.05, 0) is 65.4 Å². The maximum absolute atomic E-state index is 6.24. The molecule has 4 heteroatoms. The van der Waals surface area contributed by atoms with E-state index >= 15 is 0 Å². The van der Waals surface area contributed by atoms with Crippen LogP contribution >= 0.6 is 34.2 Å². The average molecular weight is 401 g/mol. The van der Waals surface area contributed by atoms with E-state index in [0.29, 0.717) is 0 Å². The fourth-order valence-electron chi connectivity index (χ4n) is 2.08. The van der Waals surface area contributed by atoms with E-state index in [9.17, 15) is 0 Å². The van der Waals surface area contributed by atoms with Gasteiger partial charge in [0, 0.05) is 27.9 Å². The number of hydrogen-bond donors (Lipinski definition) is 1. The van der Waals surface area contributed by atoms with Crippen LogP contribution in [0.25, 0.3) is 0 Å². The van der Waals surface area contributed by atoms with Crippen molar-refractivity contribution in [2.45, 2.75) is 25.8 Å². The van der Waals surface area contributed by atoms with Crippen molar-refractivity contribution in [2.75, 3.05) is 6.54 Å². The fourth-order valence-corrected chi connectivity index (χ4v) is 2.61. The third-order valence-corrected chi connectivity index (χ3v) is 4.70. The van der Waals surface area contributed by atoms with E-state index in [-0.39, 0.29) is 6.04 Å². The molecule has 0 aliphatic carbocycles. The number of pyridine rings is 1. The molecule has 1 N–H and O–H groups in total. The summed E-state index contributed by atoms with van der Waals surface area (Å²) in [6.45, 7) is 3.16. The molecule has 1 aromatic heterocycles. The summed E-state index contributed by atoms with van der Waals surface area (Å²) in [5, 5.41) is 4.39. The Morgan fingerprint density at radius 2 is 2.15 bits per heavy atom. The first-order valence-electron chi connectivity index (χ1n) is 6.79. The van der Waals surface area contributed by atoms with Crippen molar-refractivity contribution in [2.24, 2.45) is 0 Å². The van der Waals surface area contributed by atoms with Crippen LogP contribution in [0.2, 0.25) is 5.02 Å². The summed E-state index contributed by atoms with van der Waals surface area (Å²) in [5.74, 6) is 0. The monoisotopic (exact) mass is 400 g/mol. The molecular weight excluding hydrogens is 383 g/mol. The van der Waals surface area contributed by atoms with Gasteiger partial charge in [-0.3, -0.25) is 4.98 Å². The van der Waals surface area contributed by atoms with Gasteiger partial charge in [-0.1, -0.05) is 30.7 Å². The van der Waals surface area contributed by atoms with E-state index in [1.165, 1.54) is 5.56 Å². The van der Waals surface area contributed by atoms with Crippen molar-refractivity contribution < 1.29 is 0 Å². The van der Waals surface area contributed by atoms with Gasteiger partial charge in [-0.15, -0.1) is 0 Å². The van der Waals surface area contributed by atoms with Crippen molar-refractivity contribution in [1.29, 1.82) is 0 Å². The maximum atomic E-state index is 6.24. The van der Waals surface area contributed by atoms with Gasteiger partial charge in [-0.2, -0.15) is 0 Å². The number of aromatic nitrogens is 1. The van der Waals surface area contributed by atoms with Crippen LogP contribution in [0.15, 0.2) is 42.6 Å². The number of nitrogens with one attached hydrogen (secondary N) is 1. The van der Waals surface area contributed by atoms with Crippen molar-refractivity contribution in [3.63, 3.8) is 0 Å². The van der Waals surface area contributed by atoms with Crippen LogP contribution in [0, 0.1) is 3.57 Å². The number of hydrogen-bond acceptors (Lipinski definition) is 2. The van der Waals surface area contributed by atoms with Crippen LogP contribution in [0.5, 0.6) is 0 Å². The Morgan fingerprint density at radius 1 is 1.30 bits per heavy atom. The zero-order valence-electron chi connectivity index (χ0n) is 11.4. The minimum Gasteiger partial charge on any atom is -0.310 e. The molecule has 0 radical (unpaired) electrons. The molecule has 1 heterocycles. The first-order valence-corrected chi connectivity index (χ1v) is 8.24. The molecule has 0 fully saturated rings. The average Bonchev–Trinajstić information content (AvgIpc) is 2.47. The molecule has 2 nitrogen and oxygen atoms in total. The van der Waals surface area contributed by atoms with Gasteiger partial charge in [0.15, 0.2) is 0 Å². The largest absolute Gasteiger partial charge is 0.310 e. The molecule has 0 aliphatic heterocycles. The van der Waals surface area contributed by atoms with Gasteiger partial charge in [0.25, 0.3) is 0 Å². The summed E-state index contributed by atoms with van der Waals surface area (Å²) >= 11 is 8.50. The number of nitrogens with zero attached hydrogens (tertiary/aromatic N) is 1. The highest BCUT2D eigenvalue weighted by Crippen LogP contribution is 2.25. The quantitative estimate of drug-likeness (QED) is 0.716.